The smallest absolute Gasteiger partial charge is 0.178 e. The van der Waals surface area contributed by atoms with Gasteiger partial charge in [0.1, 0.15) is 11.5 Å². The number of para-hydroxylation sites is 1. The first-order valence-electron chi connectivity index (χ1n) is 14.7. The summed E-state index contributed by atoms with van der Waals surface area (Å²) in [5.74, 6) is 3.04. The molecule has 0 radical (unpaired) electrons. The molecule has 0 spiro atoms. The minimum atomic E-state index is -3.20. The topological polar surface area (TPSA) is 65.0 Å². The molecule has 5 nitrogen and oxygen atoms in total. The summed E-state index contributed by atoms with van der Waals surface area (Å²) in [6.45, 7) is 0. The van der Waals surface area contributed by atoms with Gasteiger partial charge in [-0.15, -0.1) is 0 Å². The van der Waals surface area contributed by atoms with Gasteiger partial charge in [0.05, 0.1) is 10.6 Å². The first-order chi connectivity index (χ1) is 22.2. The zero-order chi connectivity index (χ0) is 30.2. The predicted octanol–water partition coefficient (Wildman–Crippen LogP) is 8.28. The van der Waals surface area contributed by atoms with E-state index in [0.717, 1.165) is 33.1 Å². The number of nitrogens with zero attached hydrogens (tertiary/aromatic N) is 3. The number of hydrogen-bond acceptors (Lipinski definition) is 5. The summed E-state index contributed by atoms with van der Waals surface area (Å²) < 4.78 is 21.5. The van der Waals surface area contributed by atoms with E-state index >= 15 is 4.57 Å². The predicted molar refractivity (Wildman–Crippen MR) is 181 cm³/mol. The van der Waals surface area contributed by atoms with Gasteiger partial charge < -0.3 is 9.30 Å². The van der Waals surface area contributed by atoms with Crippen molar-refractivity contribution in [1.82, 2.24) is 15.0 Å². The Kier molecular flexibility index (Phi) is 6.66. The highest BCUT2D eigenvalue weighted by Crippen LogP contribution is 2.52. The summed E-state index contributed by atoms with van der Waals surface area (Å²) in [6.07, 6.45) is 0. The highest BCUT2D eigenvalue weighted by Gasteiger charge is 2.39. The van der Waals surface area contributed by atoms with Crippen molar-refractivity contribution in [3.05, 3.63) is 158 Å². The number of hydrogen-bond donors (Lipinski definition) is 0. The van der Waals surface area contributed by atoms with Crippen molar-refractivity contribution < 1.29 is 9.30 Å². The minimum Gasteiger partial charge on any atom is -0.456 e. The Labute approximate surface area is 261 Å². The summed E-state index contributed by atoms with van der Waals surface area (Å²) in [4.78, 5) is 14.6. The summed E-state index contributed by atoms with van der Waals surface area (Å²) in [5.41, 5.74) is 4.57. The van der Waals surface area contributed by atoms with E-state index in [0.29, 0.717) is 39.6 Å². The first-order valence-corrected chi connectivity index (χ1v) is 16.4. The molecule has 1 atom stereocenters. The molecular weight excluding hydrogens is 573 g/mol. The van der Waals surface area contributed by atoms with Gasteiger partial charge in [-0.05, 0) is 41.5 Å². The third kappa shape index (κ3) is 4.84. The molecule has 1 aliphatic rings. The van der Waals surface area contributed by atoms with Crippen molar-refractivity contribution in [3.8, 4) is 56.8 Å². The van der Waals surface area contributed by atoms with Gasteiger partial charge in [0.2, 0.25) is 0 Å². The fourth-order valence-corrected chi connectivity index (χ4v) is 8.66. The number of benzene rings is 6. The van der Waals surface area contributed by atoms with Crippen molar-refractivity contribution in [1.29, 1.82) is 0 Å². The Morgan fingerprint density at radius 3 is 1.56 bits per heavy atom. The zero-order valence-corrected chi connectivity index (χ0v) is 25.0. The Morgan fingerprint density at radius 2 is 0.889 bits per heavy atom. The van der Waals surface area contributed by atoms with Gasteiger partial charge in [0.25, 0.3) is 0 Å². The van der Waals surface area contributed by atoms with Crippen LogP contribution in [0.2, 0.25) is 0 Å². The average molecular weight is 600 g/mol. The van der Waals surface area contributed by atoms with Gasteiger partial charge >= 0.3 is 0 Å². The van der Waals surface area contributed by atoms with E-state index in [1.165, 1.54) is 0 Å². The van der Waals surface area contributed by atoms with E-state index in [1.807, 2.05) is 152 Å². The zero-order valence-electron chi connectivity index (χ0n) is 24.1. The normalized spacial score (nSPS) is 15.0. The molecule has 6 heteroatoms. The second kappa shape index (κ2) is 11.1. The van der Waals surface area contributed by atoms with Crippen LogP contribution in [0.15, 0.2) is 158 Å². The first kappa shape index (κ1) is 26.9. The average Bonchev–Trinajstić information content (AvgIpc) is 3.12. The lowest BCUT2D eigenvalue weighted by atomic mass is 10.0. The van der Waals surface area contributed by atoms with E-state index in [1.54, 1.807) is 0 Å². The molecule has 45 heavy (non-hydrogen) atoms. The molecule has 2 heterocycles. The largest absolute Gasteiger partial charge is 0.456 e. The van der Waals surface area contributed by atoms with Gasteiger partial charge in [-0.1, -0.05) is 127 Å². The van der Waals surface area contributed by atoms with Crippen LogP contribution in [0.1, 0.15) is 0 Å². The van der Waals surface area contributed by atoms with Crippen molar-refractivity contribution in [2.75, 3.05) is 0 Å². The van der Waals surface area contributed by atoms with Crippen molar-refractivity contribution in [2.24, 2.45) is 0 Å². The van der Waals surface area contributed by atoms with Crippen molar-refractivity contribution in [3.63, 3.8) is 0 Å². The van der Waals surface area contributed by atoms with Gasteiger partial charge in [0.15, 0.2) is 24.6 Å². The van der Waals surface area contributed by atoms with E-state index in [-0.39, 0.29) is 0 Å². The monoisotopic (exact) mass is 599 g/mol. The SMILES string of the molecule is O=P1(c2ccccc2)c2ccccc2Oc2ccc(-c3cccc(-c4nc(-c5ccccc5)nc(-c5ccccc5)n4)c3)cc21. The number of ether oxygens (including phenoxy) is 1. The van der Waals surface area contributed by atoms with Gasteiger partial charge in [-0.3, -0.25) is 0 Å². The molecule has 7 aromatic rings. The second-order valence-electron chi connectivity index (χ2n) is 10.8. The van der Waals surface area contributed by atoms with E-state index in [4.69, 9.17) is 19.7 Å². The molecular formula is C39H26N3O2P. The third-order valence-corrected chi connectivity index (χ3v) is 11.1. The lowest BCUT2D eigenvalue weighted by Gasteiger charge is -2.29. The van der Waals surface area contributed by atoms with Crippen LogP contribution in [-0.4, -0.2) is 15.0 Å². The maximum Gasteiger partial charge on any atom is 0.178 e. The molecule has 0 saturated heterocycles. The van der Waals surface area contributed by atoms with Crippen molar-refractivity contribution >= 4 is 23.1 Å². The quantitative estimate of drug-likeness (QED) is 0.186. The standard InChI is InChI=1S/C39H26N3O2P/c43-45(32-19-8-3-9-20-32)35-22-11-10-21-33(35)44-34-24-23-30(26-36(34)45)29-17-12-18-31(25-29)39-41-37(27-13-4-1-5-14-27)40-38(42-39)28-15-6-2-7-16-28/h1-26H. The Morgan fingerprint density at radius 1 is 0.400 bits per heavy atom. The molecule has 0 amide bonds. The van der Waals surface area contributed by atoms with Crippen LogP contribution in [0.3, 0.4) is 0 Å². The minimum absolute atomic E-state index is 0.578. The summed E-state index contributed by atoms with van der Waals surface area (Å²) >= 11 is 0. The van der Waals surface area contributed by atoms with E-state index < -0.39 is 7.14 Å². The highest BCUT2D eigenvalue weighted by atomic mass is 31.2. The van der Waals surface area contributed by atoms with Crippen LogP contribution in [-0.2, 0) is 4.57 Å². The van der Waals surface area contributed by atoms with E-state index in [2.05, 4.69) is 6.07 Å². The van der Waals surface area contributed by atoms with Crippen LogP contribution in [0, 0.1) is 0 Å². The molecule has 1 aromatic heterocycles. The number of aromatic nitrogens is 3. The Bertz CT molecular complexity index is 2160. The molecule has 6 aromatic carbocycles. The molecule has 0 fully saturated rings. The fraction of sp³-hybridized carbons (Fsp3) is 0. The fourth-order valence-electron chi connectivity index (χ4n) is 5.77. The maximum absolute atomic E-state index is 15.2. The maximum atomic E-state index is 15.2. The molecule has 0 aliphatic carbocycles. The second-order valence-corrected chi connectivity index (χ2v) is 13.5. The summed E-state index contributed by atoms with van der Waals surface area (Å²) in [5, 5.41) is 2.18. The van der Waals surface area contributed by atoms with Crippen LogP contribution in [0.4, 0.5) is 0 Å². The Hall–Kier alpha value is -5.64. The molecule has 0 bridgehead atoms. The van der Waals surface area contributed by atoms with Gasteiger partial charge in [-0.2, -0.15) is 0 Å². The molecule has 0 N–H and O–H groups in total. The highest BCUT2D eigenvalue weighted by molar-refractivity contribution is 7.85. The lowest BCUT2D eigenvalue weighted by Crippen LogP contribution is -2.30. The summed E-state index contributed by atoms with van der Waals surface area (Å²) in [6, 6.07) is 51.3. The van der Waals surface area contributed by atoms with Crippen LogP contribution < -0.4 is 20.7 Å². The van der Waals surface area contributed by atoms with Crippen molar-refractivity contribution in [2.45, 2.75) is 0 Å². The van der Waals surface area contributed by atoms with Gasteiger partial charge in [0, 0.05) is 22.0 Å². The lowest BCUT2D eigenvalue weighted by molar-refractivity contribution is 0.485. The molecule has 8 rings (SSSR count). The molecule has 1 aliphatic heterocycles. The summed E-state index contributed by atoms with van der Waals surface area (Å²) in [7, 11) is -3.20. The molecule has 1 unspecified atom stereocenters. The third-order valence-electron chi connectivity index (χ3n) is 8.00. The molecule has 214 valence electrons. The Balaban J connectivity index is 1.26. The van der Waals surface area contributed by atoms with E-state index in [9.17, 15) is 0 Å². The molecule has 0 saturated carbocycles. The number of rotatable bonds is 5. The van der Waals surface area contributed by atoms with Gasteiger partial charge in [-0.25, -0.2) is 15.0 Å². The van der Waals surface area contributed by atoms with Crippen LogP contribution in [0.25, 0.3) is 45.3 Å². The van der Waals surface area contributed by atoms with Crippen LogP contribution >= 0.6 is 7.14 Å². The van der Waals surface area contributed by atoms with Crippen LogP contribution in [0.5, 0.6) is 11.5 Å². The number of fused-ring (bicyclic) bond motifs is 2.